The van der Waals surface area contributed by atoms with Gasteiger partial charge in [-0.05, 0) is 66.2 Å². The molecule has 0 spiro atoms. The molecule has 0 bridgehead atoms. The summed E-state index contributed by atoms with van der Waals surface area (Å²) in [6, 6.07) is 11.9. The summed E-state index contributed by atoms with van der Waals surface area (Å²) in [5.41, 5.74) is 4.66. The molecule has 0 saturated heterocycles. The standard InChI is InChI=1S/C18H21NS/c1-2-5-15(13-8-9-13)14(4-1)12-19-17-6-3-7-18-16(17)10-11-20-18/h1-2,4-5,10-11,13,17,19H,3,6-9,12H2. The number of thiophene rings is 1. The number of benzene rings is 1. The van der Waals surface area contributed by atoms with E-state index in [0.717, 1.165) is 12.5 Å². The predicted octanol–water partition coefficient (Wildman–Crippen LogP) is 4.79. The van der Waals surface area contributed by atoms with Gasteiger partial charge < -0.3 is 5.32 Å². The molecule has 1 aromatic carbocycles. The largest absolute Gasteiger partial charge is 0.306 e. The Balaban J connectivity index is 1.49. The van der Waals surface area contributed by atoms with Crippen LogP contribution in [-0.2, 0) is 13.0 Å². The van der Waals surface area contributed by atoms with E-state index in [0.29, 0.717) is 6.04 Å². The van der Waals surface area contributed by atoms with Crippen molar-refractivity contribution < 1.29 is 0 Å². The topological polar surface area (TPSA) is 12.0 Å². The van der Waals surface area contributed by atoms with Gasteiger partial charge in [-0.3, -0.25) is 0 Å². The van der Waals surface area contributed by atoms with E-state index < -0.39 is 0 Å². The zero-order valence-corrected chi connectivity index (χ0v) is 12.6. The highest BCUT2D eigenvalue weighted by Crippen LogP contribution is 2.41. The van der Waals surface area contributed by atoms with Gasteiger partial charge in [0.15, 0.2) is 0 Å². The lowest BCUT2D eigenvalue weighted by molar-refractivity contribution is 0.462. The molecule has 2 aliphatic carbocycles. The van der Waals surface area contributed by atoms with E-state index >= 15 is 0 Å². The predicted molar refractivity (Wildman–Crippen MR) is 85.3 cm³/mol. The second kappa shape index (κ2) is 5.34. The molecule has 1 saturated carbocycles. The van der Waals surface area contributed by atoms with Crippen molar-refractivity contribution in [2.75, 3.05) is 0 Å². The van der Waals surface area contributed by atoms with Gasteiger partial charge in [0.2, 0.25) is 0 Å². The minimum Gasteiger partial charge on any atom is -0.306 e. The van der Waals surface area contributed by atoms with Crippen LogP contribution < -0.4 is 5.32 Å². The lowest BCUT2D eigenvalue weighted by atomic mass is 9.93. The molecule has 0 aliphatic heterocycles. The quantitative estimate of drug-likeness (QED) is 0.850. The Morgan fingerprint density at radius 2 is 1.95 bits per heavy atom. The van der Waals surface area contributed by atoms with Gasteiger partial charge in [-0.15, -0.1) is 11.3 Å². The van der Waals surface area contributed by atoms with Crippen LogP contribution in [0.25, 0.3) is 0 Å². The third-order valence-corrected chi connectivity index (χ3v) is 5.66. The molecule has 4 rings (SSSR count). The van der Waals surface area contributed by atoms with Crippen LogP contribution in [0, 0.1) is 0 Å². The van der Waals surface area contributed by atoms with E-state index in [9.17, 15) is 0 Å². The number of aryl methyl sites for hydroxylation is 1. The molecule has 2 aromatic rings. The van der Waals surface area contributed by atoms with Gasteiger partial charge in [-0.25, -0.2) is 0 Å². The molecule has 0 radical (unpaired) electrons. The molecule has 1 nitrogen and oxygen atoms in total. The monoisotopic (exact) mass is 283 g/mol. The van der Waals surface area contributed by atoms with Crippen molar-refractivity contribution in [1.29, 1.82) is 0 Å². The average molecular weight is 283 g/mol. The third kappa shape index (κ3) is 2.43. The highest BCUT2D eigenvalue weighted by molar-refractivity contribution is 7.10. The summed E-state index contributed by atoms with van der Waals surface area (Å²) in [6.45, 7) is 1.02. The summed E-state index contributed by atoms with van der Waals surface area (Å²) in [6.07, 6.45) is 6.67. The summed E-state index contributed by atoms with van der Waals surface area (Å²) in [4.78, 5) is 1.60. The van der Waals surface area contributed by atoms with Crippen LogP contribution in [0.3, 0.4) is 0 Å². The summed E-state index contributed by atoms with van der Waals surface area (Å²) < 4.78 is 0. The number of nitrogens with one attached hydrogen (secondary N) is 1. The molecule has 20 heavy (non-hydrogen) atoms. The Morgan fingerprint density at radius 3 is 2.85 bits per heavy atom. The highest BCUT2D eigenvalue weighted by atomic mass is 32.1. The first-order chi connectivity index (χ1) is 9.92. The van der Waals surface area contributed by atoms with E-state index in [1.807, 2.05) is 11.3 Å². The fraction of sp³-hybridized carbons (Fsp3) is 0.444. The molecule has 2 heteroatoms. The number of hydrogen-bond acceptors (Lipinski definition) is 2. The number of rotatable bonds is 4. The third-order valence-electron chi connectivity index (χ3n) is 4.66. The Morgan fingerprint density at radius 1 is 1.05 bits per heavy atom. The van der Waals surface area contributed by atoms with Crippen LogP contribution in [0.5, 0.6) is 0 Å². The van der Waals surface area contributed by atoms with E-state index in [1.54, 1.807) is 16.0 Å². The molecule has 1 unspecified atom stereocenters. The van der Waals surface area contributed by atoms with Gasteiger partial charge >= 0.3 is 0 Å². The van der Waals surface area contributed by atoms with Crippen LogP contribution in [0.1, 0.15) is 59.2 Å². The first-order valence-corrected chi connectivity index (χ1v) is 8.67. The summed E-state index contributed by atoms with van der Waals surface area (Å²) >= 11 is 1.93. The second-order valence-corrected chi connectivity index (χ2v) is 7.10. The van der Waals surface area contributed by atoms with Gasteiger partial charge in [-0.1, -0.05) is 24.3 Å². The molecule has 1 aromatic heterocycles. The first kappa shape index (κ1) is 12.6. The maximum absolute atomic E-state index is 3.81. The van der Waals surface area contributed by atoms with E-state index in [2.05, 4.69) is 41.0 Å². The molecule has 1 heterocycles. The Hall–Kier alpha value is -1.12. The van der Waals surface area contributed by atoms with Gasteiger partial charge in [0.1, 0.15) is 0 Å². The molecular weight excluding hydrogens is 262 g/mol. The van der Waals surface area contributed by atoms with Crippen LogP contribution >= 0.6 is 11.3 Å². The van der Waals surface area contributed by atoms with Crippen molar-refractivity contribution >= 4 is 11.3 Å². The summed E-state index contributed by atoms with van der Waals surface area (Å²) in [5.74, 6) is 0.844. The van der Waals surface area contributed by atoms with Crippen LogP contribution in [-0.4, -0.2) is 0 Å². The van der Waals surface area contributed by atoms with Gasteiger partial charge in [0, 0.05) is 17.5 Å². The minimum atomic E-state index is 0.567. The van der Waals surface area contributed by atoms with Crippen LogP contribution in [0.4, 0.5) is 0 Å². The van der Waals surface area contributed by atoms with Crippen molar-refractivity contribution in [1.82, 2.24) is 5.32 Å². The Kier molecular flexibility index (Phi) is 3.37. The highest BCUT2D eigenvalue weighted by Gasteiger charge is 2.26. The van der Waals surface area contributed by atoms with E-state index in [1.165, 1.54) is 37.7 Å². The number of fused-ring (bicyclic) bond motifs is 1. The molecule has 1 N–H and O–H groups in total. The van der Waals surface area contributed by atoms with Crippen molar-refractivity contribution in [3.63, 3.8) is 0 Å². The normalized spacial score (nSPS) is 21.7. The molecular formula is C18H21NS. The fourth-order valence-electron chi connectivity index (χ4n) is 3.42. The van der Waals surface area contributed by atoms with Gasteiger partial charge in [0.25, 0.3) is 0 Å². The van der Waals surface area contributed by atoms with Crippen LogP contribution in [0.15, 0.2) is 35.7 Å². The molecule has 1 fully saturated rings. The molecule has 2 aliphatic rings. The maximum Gasteiger partial charge on any atom is 0.0334 e. The Labute approximate surface area is 125 Å². The zero-order chi connectivity index (χ0) is 13.4. The van der Waals surface area contributed by atoms with Crippen LogP contribution in [0.2, 0.25) is 0 Å². The minimum absolute atomic E-state index is 0.567. The second-order valence-electron chi connectivity index (χ2n) is 6.10. The van der Waals surface area contributed by atoms with E-state index in [4.69, 9.17) is 0 Å². The van der Waals surface area contributed by atoms with Gasteiger partial charge in [-0.2, -0.15) is 0 Å². The summed E-state index contributed by atoms with van der Waals surface area (Å²) in [7, 11) is 0. The smallest absolute Gasteiger partial charge is 0.0334 e. The molecule has 104 valence electrons. The fourth-order valence-corrected chi connectivity index (χ4v) is 4.41. The maximum atomic E-state index is 3.81. The van der Waals surface area contributed by atoms with Gasteiger partial charge in [0.05, 0.1) is 0 Å². The SMILES string of the molecule is c1ccc(C2CC2)c(CNC2CCCc3sccc32)c1. The molecule has 1 atom stereocenters. The van der Waals surface area contributed by atoms with Crippen molar-refractivity contribution in [2.45, 2.75) is 50.6 Å². The lowest BCUT2D eigenvalue weighted by Gasteiger charge is -2.24. The van der Waals surface area contributed by atoms with E-state index in [-0.39, 0.29) is 0 Å². The average Bonchev–Trinajstić information content (AvgIpc) is 3.22. The Bertz CT molecular complexity index is 597. The molecule has 0 amide bonds. The number of hydrogen-bond donors (Lipinski definition) is 1. The van der Waals surface area contributed by atoms with Crippen molar-refractivity contribution in [3.8, 4) is 0 Å². The zero-order valence-electron chi connectivity index (χ0n) is 11.8. The summed E-state index contributed by atoms with van der Waals surface area (Å²) in [5, 5.41) is 6.06. The lowest BCUT2D eigenvalue weighted by Crippen LogP contribution is -2.24. The first-order valence-electron chi connectivity index (χ1n) is 7.79. The van der Waals surface area contributed by atoms with Crippen molar-refractivity contribution in [3.05, 3.63) is 57.3 Å². The van der Waals surface area contributed by atoms with Crippen molar-refractivity contribution in [2.24, 2.45) is 0 Å².